The molecule has 2 aliphatic rings. The Morgan fingerprint density at radius 1 is 1.36 bits per heavy atom. The second-order valence-electron chi connectivity index (χ2n) is 7.45. The van der Waals surface area contributed by atoms with E-state index in [1.54, 1.807) is 12.1 Å². The number of carbonyl (C=O) groups excluding carboxylic acids is 2. The predicted octanol–water partition coefficient (Wildman–Crippen LogP) is 0.736. The molecule has 1 saturated heterocycles. The number of hydrogen-bond acceptors (Lipinski definition) is 6. The number of rotatable bonds is 7. The van der Waals surface area contributed by atoms with Crippen molar-refractivity contribution < 1.29 is 24.2 Å². The van der Waals surface area contributed by atoms with E-state index in [2.05, 4.69) is 10.2 Å². The van der Waals surface area contributed by atoms with Crippen molar-refractivity contribution in [2.24, 2.45) is 0 Å². The number of fused-ring (bicyclic) bond motifs is 1. The van der Waals surface area contributed by atoms with Crippen molar-refractivity contribution >= 4 is 17.5 Å². The first kappa shape index (κ1) is 20.6. The molecule has 2 N–H and O–H groups in total. The van der Waals surface area contributed by atoms with Gasteiger partial charge in [0.05, 0.1) is 11.8 Å². The van der Waals surface area contributed by atoms with E-state index in [1.807, 2.05) is 26.1 Å². The largest absolute Gasteiger partial charge is 0.482 e. The molecule has 2 aliphatic heterocycles. The van der Waals surface area contributed by atoms with E-state index in [1.165, 1.54) is 4.90 Å². The zero-order valence-corrected chi connectivity index (χ0v) is 16.5. The number of benzene rings is 1. The lowest BCUT2D eigenvalue weighted by atomic mass is 10.0. The van der Waals surface area contributed by atoms with Crippen molar-refractivity contribution in [1.29, 1.82) is 0 Å². The first-order chi connectivity index (χ1) is 13.4. The van der Waals surface area contributed by atoms with E-state index in [0.29, 0.717) is 24.4 Å². The Labute approximate surface area is 165 Å². The number of nitrogens with zero attached hydrogens (tertiary/aromatic N) is 2. The van der Waals surface area contributed by atoms with Crippen LogP contribution in [0.5, 0.6) is 5.75 Å². The van der Waals surface area contributed by atoms with Gasteiger partial charge >= 0.3 is 0 Å². The third-order valence-electron chi connectivity index (χ3n) is 5.21. The summed E-state index contributed by atoms with van der Waals surface area (Å²) >= 11 is 0. The highest BCUT2D eigenvalue weighted by atomic mass is 16.6. The smallest absolute Gasteiger partial charge is 0.265 e. The lowest BCUT2D eigenvalue weighted by Crippen LogP contribution is -2.46. The molecule has 2 heterocycles. The van der Waals surface area contributed by atoms with Gasteiger partial charge in [-0.05, 0) is 45.5 Å². The Hall–Kier alpha value is -2.16. The van der Waals surface area contributed by atoms with E-state index < -0.39 is 6.29 Å². The molecule has 3 rings (SSSR count). The van der Waals surface area contributed by atoms with Crippen LogP contribution in [0.3, 0.4) is 0 Å². The summed E-state index contributed by atoms with van der Waals surface area (Å²) in [5, 5.41) is 12.6. The fraction of sp³-hybridized carbons (Fsp3) is 0.600. The van der Waals surface area contributed by atoms with Gasteiger partial charge in [-0.25, -0.2) is 0 Å². The molecule has 8 heteroatoms. The van der Waals surface area contributed by atoms with Crippen molar-refractivity contribution in [2.75, 3.05) is 38.2 Å². The highest BCUT2D eigenvalue weighted by Crippen LogP contribution is 2.31. The molecule has 3 atom stereocenters. The molecule has 0 unspecified atom stereocenters. The number of ether oxygens (including phenoxy) is 2. The molecule has 154 valence electrons. The number of hydrogen-bond donors (Lipinski definition) is 2. The van der Waals surface area contributed by atoms with Crippen LogP contribution >= 0.6 is 0 Å². The van der Waals surface area contributed by atoms with E-state index in [9.17, 15) is 14.7 Å². The number of aliphatic hydroxyl groups is 1. The Bertz CT molecular complexity index is 688. The summed E-state index contributed by atoms with van der Waals surface area (Å²) in [6, 6.07) is 7.49. The molecule has 0 spiro atoms. The number of aliphatic hydroxyl groups excluding tert-OH is 1. The standard InChI is InChI=1S/C20H29N3O5/c1-14-10-15(11-20(26)28-14)22(2)9-5-8-21-18(24)12-23-16-6-3-4-7-17(16)27-13-19(23)25/h3-4,6-7,14-15,20,26H,5,8-13H2,1-2H3,(H,21,24)/t14-,15+,20-/m1/s1. The Morgan fingerprint density at radius 3 is 2.93 bits per heavy atom. The molecule has 8 nitrogen and oxygen atoms in total. The Kier molecular flexibility index (Phi) is 6.88. The minimum absolute atomic E-state index is 0.0152. The van der Waals surface area contributed by atoms with Crippen molar-refractivity contribution in [1.82, 2.24) is 10.2 Å². The Morgan fingerprint density at radius 2 is 2.14 bits per heavy atom. The molecule has 28 heavy (non-hydrogen) atoms. The van der Waals surface area contributed by atoms with Crippen LogP contribution in [0.15, 0.2) is 24.3 Å². The van der Waals surface area contributed by atoms with Gasteiger partial charge < -0.3 is 24.8 Å². The van der Waals surface area contributed by atoms with Gasteiger partial charge in [0.25, 0.3) is 5.91 Å². The van der Waals surface area contributed by atoms with Gasteiger partial charge in [0.15, 0.2) is 12.9 Å². The van der Waals surface area contributed by atoms with E-state index in [4.69, 9.17) is 9.47 Å². The summed E-state index contributed by atoms with van der Waals surface area (Å²) < 4.78 is 10.8. The maximum absolute atomic E-state index is 12.3. The maximum atomic E-state index is 12.3. The number of amides is 2. The van der Waals surface area contributed by atoms with Crippen LogP contribution in [0, 0.1) is 0 Å². The molecule has 0 radical (unpaired) electrons. The summed E-state index contributed by atoms with van der Waals surface area (Å²) in [6.45, 7) is 3.24. The highest BCUT2D eigenvalue weighted by Gasteiger charge is 2.28. The molecule has 1 aromatic rings. The van der Waals surface area contributed by atoms with E-state index >= 15 is 0 Å². The highest BCUT2D eigenvalue weighted by molar-refractivity contribution is 6.02. The van der Waals surface area contributed by atoms with Gasteiger partial charge in [-0.1, -0.05) is 12.1 Å². The van der Waals surface area contributed by atoms with Gasteiger partial charge in [-0.3, -0.25) is 14.5 Å². The third-order valence-corrected chi connectivity index (χ3v) is 5.21. The molecule has 0 aliphatic carbocycles. The molecule has 0 bridgehead atoms. The molecule has 1 fully saturated rings. The number of anilines is 1. The van der Waals surface area contributed by atoms with Gasteiger partial charge in [0.1, 0.15) is 12.3 Å². The monoisotopic (exact) mass is 391 g/mol. The summed E-state index contributed by atoms with van der Waals surface area (Å²) in [4.78, 5) is 28.1. The second-order valence-corrected chi connectivity index (χ2v) is 7.45. The average molecular weight is 391 g/mol. The zero-order chi connectivity index (χ0) is 20.1. The fourth-order valence-electron chi connectivity index (χ4n) is 3.72. The lowest BCUT2D eigenvalue weighted by molar-refractivity contribution is -0.173. The fourth-order valence-corrected chi connectivity index (χ4v) is 3.72. The first-order valence-corrected chi connectivity index (χ1v) is 9.76. The molecule has 0 saturated carbocycles. The molecule has 1 aromatic carbocycles. The van der Waals surface area contributed by atoms with Crippen LogP contribution < -0.4 is 15.0 Å². The maximum Gasteiger partial charge on any atom is 0.265 e. The topological polar surface area (TPSA) is 91.3 Å². The molecular formula is C20H29N3O5. The first-order valence-electron chi connectivity index (χ1n) is 9.76. The average Bonchev–Trinajstić information content (AvgIpc) is 2.66. The van der Waals surface area contributed by atoms with Crippen molar-refractivity contribution in [3.05, 3.63) is 24.3 Å². The van der Waals surface area contributed by atoms with Crippen LogP contribution in [-0.4, -0.2) is 73.5 Å². The summed E-state index contributed by atoms with van der Waals surface area (Å²) in [6.07, 6.45) is 1.62. The van der Waals surface area contributed by atoms with Crippen LogP contribution in [0.25, 0.3) is 0 Å². The Balaban J connectivity index is 1.41. The van der Waals surface area contributed by atoms with Gasteiger partial charge in [0, 0.05) is 19.0 Å². The summed E-state index contributed by atoms with van der Waals surface area (Å²) in [5.74, 6) is 0.202. The molecule has 2 amide bonds. The normalized spacial score (nSPS) is 24.6. The van der Waals surface area contributed by atoms with E-state index in [0.717, 1.165) is 19.4 Å². The van der Waals surface area contributed by atoms with Crippen LogP contribution in [0.4, 0.5) is 5.69 Å². The second kappa shape index (κ2) is 9.36. The summed E-state index contributed by atoms with van der Waals surface area (Å²) in [7, 11) is 2.03. The zero-order valence-electron chi connectivity index (χ0n) is 16.5. The lowest BCUT2D eigenvalue weighted by Gasteiger charge is -2.36. The third kappa shape index (κ3) is 5.21. The predicted molar refractivity (Wildman–Crippen MR) is 104 cm³/mol. The minimum atomic E-state index is -0.704. The van der Waals surface area contributed by atoms with Gasteiger partial charge in [0.2, 0.25) is 5.91 Å². The summed E-state index contributed by atoms with van der Waals surface area (Å²) in [5.41, 5.74) is 0.626. The SMILES string of the molecule is C[C@@H]1C[C@H](N(C)CCCNC(=O)CN2C(=O)COc3ccccc32)C[C@H](O)O1. The van der Waals surface area contributed by atoms with Crippen molar-refractivity contribution in [3.8, 4) is 5.75 Å². The molecule has 0 aromatic heterocycles. The van der Waals surface area contributed by atoms with Crippen molar-refractivity contribution in [2.45, 2.75) is 44.6 Å². The van der Waals surface area contributed by atoms with Gasteiger partial charge in [-0.2, -0.15) is 0 Å². The number of nitrogens with one attached hydrogen (secondary N) is 1. The number of carbonyl (C=O) groups is 2. The van der Waals surface area contributed by atoms with Crippen molar-refractivity contribution in [3.63, 3.8) is 0 Å². The van der Waals surface area contributed by atoms with Gasteiger partial charge in [-0.15, -0.1) is 0 Å². The quantitative estimate of drug-likeness (QED) is 0.666. The number of para-hydroxylation sites is 2. The molecular weight excluding hydrogens is 362 g/mol. The van der Waals surface area contributed by atoms with Crippen LogP contribution in [-0.2, 0) is 14.3 Å². The van der Waals surface area contributed by atoms with Crippen LogP contribution in [0.1, 0.15) is 26.2 Å². The van der Waals surface area contributed by atoms with Crippen LogP contribution in [0.2, 0.25) is 0 Å². The minimum Gasteiger partial charge on any atom is -0.482 e. The van der Waals surface area contributed by atoms with E-state index in [-0.39, 0.29) is 37.1 Å².